The van der Waals surface area contributed by atoms with Gasteiger partial charge in [-0.25, -0.2) is 9.97 Å². The molecule has 5 rings (SSSR count). The number of aliphatic hydroxyl groups excluding tert-OH is 1. The van der Waals surface area contributed by atoms with E-state index in [1.165, 1.54) is 0 Å². The number of carbonyl (C=O) groups is 1. The Kier molecular flexibility index (Phi) is 7.23. The molecule has 0 spiro atoms. The van der Waals surface area contributed by atoms with Crippen LogP contribution in [0.25, 0.3) is 0 Å². The van der Waals surface area contributed by atoms with Gasteiger partial charge in [-0.15, -0.1) is 0 Å². The average Bonchev–Trinajstić information content (AvgIpc) is 3.44. The van der Waals surface area contributed by atoms with Crippen LogP contribution >= 0.6 is 11.6 Å². The molecule has 2 aliphatic heterocycles. The van der Waals surface area contributed by atoms with Gasteiger partial charge in [0.05, 0.1) is 18.2 Å². The maximum absolute atomic E-state index is 14.0. The van der Waals surface area contributed by atoms with E-state index in [9.17, 15) is 9.90 Å². The molecule has 8 nitrogen and oxygen atoms in total. The molecule has 0 radical (unpaired) electrons. The third-order valence-corrected chi connectivity index (χ3v) is 8.31. The molecule has 36 heavy (non-hydrogen) atoms. The highest BCUT2D eigenvalue weighted by molar-refractivity contribution is 6.30. The summed E-state index contributed by atoms with van der Waals surface area (Å²) >= 11 is 6.15. The molecule has 4 atom stereocenters. The Morgan fingerprint density at radius 2 is 1.94 bits per heavy atom. The number of aliphatic hydroxyl groups is 1. The van der Waals surface area contributed by atoms with Crippen LogP contribution in [0, 0.1) is 0 Å². The smallest absolute Gasteiger partial charge is 0.231 e. The van der Waals surface area contributed by atoms with E-state index < -0.39 is 0 Å². The summed E-state index contributed by atoms with van der Waals surface area (Å²) in [6.07, 6.45) is 4.17. The van der Waals surface area contributed by atoms with Crippen LogP contribution in [0.15, 0.2) is 30.6 Å². The molecule has 1 aromatic carbocycles. The second-order valence-electron chi connectivity index (χ2n) is 10.9. The number of nitrogens with one attached hydrogen (secondary N) is 1. The summed E-state index contributed by atoms with van der Waals surface area (Å²) in [5.74, 6) is 0.735. The molecule has 1 aliphatic carbocycles. The monoisotopic (exact) mass is 513 g/mol. The lowest BCUT2D eigenvalue weighted by molar-refractivity contribution is -0.133. The molecule has 3 heterocycles. The zero-order valence-corrected chi connectivity index (χ0v) is 22.0. The molecule has 2 N–H and O–H groups in total. The third kappa shape index (κ3) is 4.84. The summed E-state index contributed by atoms with van der Waals surface area (Å²) in [7, 11) is 1.68. The summed E-state index contributed by atoms with van der Waals surface area (Å²) in [5.41, 5.74) is 2.89. The first-order valence-corrected chi connectivity index (χ1v) is 13.2. The highest BCUT2D eigenvalue weighted by atomic mass is 35.5. The van der Waals surface area contributed by atoms with Crippen LogP contribution in [-0.2, 0) is 9.53 Å². The number of piperazine rings is 1. The number of anilines is 1. The van der Waals surface area contributed by atoms with E-state index in [0.717, 1.165) is 35.5 Å². The minimum Gasteiger partial charge on any atom is -0.396 e. The van der Waals surface area contributed by atoms with Gasteiger partial charge < -0.3 is 25.0 Å². The minimum absolute atomic E-state index is 0.0189. The van der Waals surface area contributed by atoms with Gasteiger partial charge in [-0.05, 0) is 50.8 Å². The molecule has 2 saturated heterocycles. The van der Waals surface area contributed by atoms with Crippen molar-refractivity contribution in [3.05, 3.63) is 52.4 Å². The maximum Gasteiger partial charge on any atom is 0.231 e. The first kappa shape index (κ1) is 25.4. The topological polar surface area (TPSA) is 90.8 Å². The van der Waals surface area contributed by atoms with Crippen LogP contribution in [0.4, 0.5) is 5.82 Å². The lowest BCUT2D eigenvalue weighted by Gasteiger charge is -2.39. The van der Waals surface area contributed by atoms with Gasteiger partial charge in [-0.3, -0.25) is 4.79 Å². The minimum atomic E-state index is -0.250. The second-order valence-corrected chi connectivity index (χ2v) is 11.3. The number of nitrogens with zero attached hydrogens (tertiary/aromatic N) is 4. The van der Waals surface area contributed by atoms with Gasteiger partial charge in [0.25, 0.3) is 0 Å². The third-order valence-electron chi connectivity index (χ3n) is 8.06. The van der Waals surface area contributed by atoms with Crippen LogP contribution in [-0.4, -0.2) is 77.4 Å². The van der Waals surface area contributed by atoms with E-state index in [-0.39, 0.29) is 42.0 Å². The van der Waals surface area contributed by atoms with E-state index in [1.807, 2.05) is 29.2 Å². The predicted octanol–water partition coefficient (Wildman–Crippen LogP) is 3.26. The molecule has 2 fully saturated rings. The summed E-state index contributed by atoms with van der Waals surface area (Å²) < 4.78 is 5.61. The number of fused-ring (bicyclic) bond motifs is 1. The Morgan fingerprint density at radius 3 is 2.56 bits per heavy atom. The molecule has 1 amide bonds. The predicted molar refractivity (Wildman–Crippen MR) is 139 cm³/mol. The zero-order chi connectivity index (χ0) is 25.4. The summed E-state index contributed by atoms with van der Waals surface area (Å²) in [6.45, 7) is 7.04. The Labute approximate surface area is 218 Å². The van der Waals surface area contributed by atoms with Crippen molar-refractivity contribution in [2.45, 2.75) is 62.6 Å². The molecule has 9 heteroatoms. The second kappa shape index (κ2) is 10.2. The van der Waals surface area contributed by atoms with E-state index in [2.05, 4.69) is 34.0 Å². The van der Waals surface area contributed by atoms with Crippen molar-refractivity contribution >= 4 is 23.3 Å². The Morgan fingerprint density at radius 1 is 1.22 bits per heavy atom. The van der Waals surface area contributed by atoms with Gasteiger partial charge in [0.1, 0.15) is 18.2 Å². The van der Waals surface area contributed by atoms with Crippen LogP contribution in [0.2, 0.25) is 5.02 Å². The fourth-order valence-corrected chi connectivity index (χ4v) is 6.25. The molecule has 194 valence electrons. The quantitative estimate of drug-likeness (QED) is 0.612. The Bertz CT molecular complexity index is 1090. The SMILES string of the molecule is CO[C@@H]1C[C@@H](CO)c2c1ncnc2N1CCN(C(=O)[C@@H](c2ccc(Cl)cc2)[C@@H]2CCC(C)(C)N2)CC1. The normalized spacial score (nSPS) is 26.2. The van der Waals surface area contributed by atoms with Gasteiger partial charge in [-0.2, -0.15) is 0 Å². The standard InChI is InChI=1S/C27H36ClN5O3/c1-27(2)9-8-20(31-27)22(17-4-6-19(28)7-5-17)26(35)33-12-10-32(11-13-33)25-23-18(15-34)14-21(36-3)24(23)29-16-30-25/h4-7,16,18,20-22,31,34H,8-15H2,1-3H3/t18-,20-,21+,22-/m0/s1. The Balaban J connectivity index is 1.34. The lowest BCUT2D eigenvalue weighted by Crippen LogP contribution is -2.53. The number of benzene rings is 1. The molecule has 1 aromatic heterocycles. The van der Waals surface area contributed by atoms with E-state index in [1.54, 1.807) is 13.4 Å². The van der Waals surface area contributed by atoms with E-state index >= 15 is 0 Å². The van der Waals surface area contributed by atoms with Gasteiger partial charge in [-0.1, -0.05) is 23.7 Å². The highest BCUT2D eigenvalue weighted by Gasteiger charge is 2.41. The van der Waals surface area contributed by atoms with Crippen molar-refractivity contribution < 1.29 is 14.6 Å². The molecule has 0 unspecified atom stereocenters. The first-order chi connectivity index (χ1) is 17.3. The molecule has 0 saturated carbocycles. The number of rotatable bonds is 6. The molecule has 0 bridgehead atoms. The molecular weight excluding hydrogens is 478 g/mol. The summed E-state index contributed by atoms with van der Waals surface area (Å²) in [4.78, 5) is 27.2. The van der Waals surface area contributed by atoms with Gasteiger partial charge >= 0.3 is 0 Å². The van der Waals surface area contributed by atoms with Crippen molar-refractivity contribution in [2.24, 2.45) is 0 Å². The fourth-order valence-electron chi connectivity index (χ4n) is 6.13. The highest BCUT2D eigenvalue weighted by Crippen LogP contribution is 2.44. The van der Waals surface area contributed by atoms with Gasteiger partial charge in [0.2, 0.25) is 5.91 Å². The van der Waals surface area contributed by atoms with Gasteiger partial charge in [0.15, 0.2) is 0 Å². The molecule has 2 aromatic rings. The number of hydrogen-bond acceptors (Lipinski definition) is 7. The van der Waals surface area contributed by atoms with Crippen molar-refractivity contribution in [2.75, 3.05) is 44.8 Å². The number of halogens is 1. The lowest BCUT2D eigenvalue weighted by atomic mass is 9.88. The van der Waals surface area contributed by atoms with Crippen LogP contribution in [0.1, 0.15) is 67.9 Å². The number of ether oxygens (including phenoxy) is 1. The molecular formula is C27H36ClN5O3. The summed E-state index contributed by atoms with van der Waals surface area (Å²) in [6, 6.07) is 7.80. The van der Waals surface area contributed by atoms with Crippen molar-refractivity contribution in [1.29, 1.82) is 0 Å². The van der Waals surface area contributed by atoms with Crippen molar-refractivity contribution in [3.8, 4) is 0 Å². The van der Waals surface area contributed by atoms with Gasteiger partial charge in [0, 0.05) is 61.4 Å². The van der Waals surface area contributed by atoms with E-state index in [0.29, 0.717) is 37.6 Å². The fraction of sp³-hybridized carbons (Fsp3) is 0.593. The number of hydrogen-bond donors (Lipinski definition) is 2. The Hall–Kier alpha value is -2.26. The molecule has 3 aliphatic rings. The van der Waals surface area contributed by atoms with Crippen LogP contribution < -0.4 is 10.2 Å². The van der Waals surface area contributed by atoms with Crippen LogP contribution in [0.3, 0.4) is 0 Å². The first-order valence-electron chi connectivity index (χ1n) is 12.9. The zero-order valence-electron chi connectivity index (χ0n) is 21.3. The number of carbonyl (C=O) groups excluding carboxylic acids is 1. The average molecular weight is 514 g/mol. The largest absolute Gasteiger partial charge is 0.396 e. The maximum atomic E-state index is 14.0. The number of amides is 1. The summed E-state index contributed by atoms with van der Waals surface area (Å²) in [5, 5.41) is 14.4. The van der Waals surface area contributed by atoms with Crippen molar-refractivity contribution in [1.82, 2.24) is 20.2 Å². The van der Waals surface area contributed by atoms with E-state index in [4.69, 9.17) is 16.3 Å². The number of aromatic nitrogens is 2. The van der Waals surface area contributed by atoms with Crippen molar-refractivity contribution in [3.63, 3.8) is 0 Å². The number of methoxy groups -OCH3 is 1. The van der Waals surface area contributed by atoms with Crippen LogP contribution in [0.5, 0.6) is 0 Å².